The lowest BCUT2D eigenvalue weighted by Gasteiger charge is -2.29. The van der Waals surface area contributed by atoms with Gasteiger partial charge in [0.15, 0.2) is 11.5 Å². The molecule has 0 amide bonds. The number of aromatic nitrogens is 2. The Morgan fingerprint density at radius 3 is 2.24 bits per heavy atom. The van der Waals surface area contributed by atoms with E-state index in [1.165, 1.54) is 31.2 Å². The lowest BCUT2D eigenvalue weighted by molar-refractivity contribution is -0.143. The highest BCUT2D eigenvalue weighted by atomic mass is 32.2. The molecule has 0 radical (unpaired) electrons. The minimum atomic E-state index is -4.74. The van der Waals surface area contributed by atoms with Crippen molar-refractivity contribution < 1.29 is 26.3 Å². The molecule has 33 heavy (non-hydrogen) atoms. The lowest BCUT2D eigenvalue weighted by Crippen LogP contribution is -2.36. The van der Waals surface area contributed by atoms with Crippen LogP contribution in [0.2, 0.25) is 0 Å². The van der Waals surface area contributed by atoms with Crippen molar-refractivity contribution in [2.45, 2.75) is 24.5 Å². The number of nitrogens with zero attached hydrogens (tertiary/aromatic N) is 3. The van der Waals surface area contributed by atoms with Gasteiger partial charge < -0.3 is 9.64 Å². The third-order valence-electron chi connectivity index (χ3n) is 5.34. The molecule has 0 atom stereocenters. The standard InChI is InChI=1S/C22H23F3N4O3S/c1-2-29-20(22(23,24)25)19(16-8-10-17(11-9-16)28-12-14-32-15-13-28)21(26-29)27-33(30,31)18-6-4-3-5-7-18/h3-11H,2,12-15H2,1H3,(H,26,27). The van der Waals surface area contributed by atoms with Crippen LogP contribution in [-0.2, 0) is 27.5 Å². The highest BCUT2D eigenvalue weighted by Crippen LogP contribution is 2.42. The number of benzene rings is 2. The van der Waals surface area contributed by atoms with Crippen molar-refractivity contribution in [3.8, 4) is 11.1 Å². The molecule has 1 saturated heterocycles. The second-order valence-electron chi connectivity index (χ2n) is 7.45. The molecule has 0 unspecified atom stereocenters. The molecule has 1 aliphatic rings. The van der Waals surface area contributed by atoms with Crippen LogP contribution in [-0.4, -0.2) is 44.5 Å². The fourth-order valence-corrected chi connectivity index (χ4v) is 4.80. The van der Waals surface area contributed by atoms with Gasteiger partial charge in [-0.15, -0.1) is 0 Å². The molecule has 7 nitrogen and oxygen atoms in total. The summed E-state index contributed by atoms with van der Waals surface area (Å²) in [6.45, 7) is 3.96. The van der Waals surface area contributed by atoms with E-state index in [9.17, 15) is 21.6 Å². The second kappa shape index (κ2) is 9.06. The van der Waals surface area contributed by atoms with Crippen molar-refractivity contribution in [2.75, 3.05) is 35.9 Å². The molecule has 1 aliphatic heterocycles. The quantitative estimate of drug-likeness (QED) is 0.572. The van der Waals surface area contributed by atoms with Crippen LogP contribution in [0.1, 0.15) is 12.6 Å². The molecule has 0 bridgehead atoms. The van der Waals surface area contributed by atoms with E-state index in [0.717, 1.165) is 10.4 Å². The van der Waals surface area contributed by atoms with Gasteiger partial charge in [-0.25, -0.2) is 8.42 Å². The van der Waals surface area contributed by atoms with Crippen LogP contribution in [0.15, 0.2) is 59.5 Å². The molecule has 4 rings (SSSR count). The zero-order valence-electron chi connectivity index (χ0n) is 17.8. The smallest absolute Gasteiger partial charge is 0.378 e. The molecule has 0 spiro atoms. The second-order valence-corrected chi connectivity index (χ2v) is 9.13. The van der Waals surface area contributed by atoms with Gasteiger partial charge in [0.25, 0.3) is 10.0 Å². The van der Waals surface area contributed by atoms with Crippen molar-refractivity contribution in [2.24, 2.45) is 0 Å². The molecule has 176 valence electrons. The SMILES string of the molecule is CCn1nc(NS(=O)(=O)c2ccccc2)c(-c2ccc(N3CCOCC3)cc2)c1C(F)(F)F. The van der Waals surface area contributed by atoms with Crippen molar-refractivity contribution >= 4 is 21.5 Å². The number of sulfonamides is 1. The molecule has 1 aromatic heterocycles. The van der Waals surface area contributed by atoms with E-state index in [0.29, 0.717) is 26.3 Å². The van der Waals surface area contributed by atoms with E-state index >= 15 is 0 Å². The maximum atomic E-state index is 14.1. The molecule has 0 aliphatic carbocycles. The molecular weight excluding hydrogens is 457 g/mol. The number of halogens is 3. The molecule has 1 N–H and O–H groups in total. The first-order valence-corrected chi connectivity index (χ1v) is 11.9. The predicted molar refractivity (Wildman–Crippen MR) is 119 cm³/mol. The van der Waals surface area contributed by atoms with E-state index in [1.54, 1.807) is 30.3 Å². The first kappa shape index (κ1) is 23.1. The maximum Gasteiger partial charge on any atom is 0.433 e. The summed E-state index contributed by atoms with van der Waals surface area (Å²) in [4.78, 5) is 2.00. The lowest BCUT2D eigenvalue weighted by atomic mass is 10.0. The average Bonchev–Trinajstić information content (AvgIpc) is 3.18. The number of rotatable bonds is 6. The van der Waals surface area contributed by atoms with Crippen LogP contribution in [0, 0.1) is 0 Å². The van der Waals surface area contributed by atoms with Crippen LogP contribution in [0.4, 0.5) is 24.7 Å². The van der Waals surface area contributed by atoms with Gasteiger partial charge in [-0.3, -0.25) is 9.40 Å². The number of hydrogen-bond donors (Lipinski definition) is 1. The van der Waals surface area contributed by atoms with Crippen LogP contribution in [0.3, 0.4) is 0 Å². The predicted octanol–water partition coefficient (Wildman–Crippen LogP) is 4.23. The van der Waals surface area contributed by atoms with E-state index in [4.69, 9.17) is 4.74 Å². The highest BCUT2D eigenvalue weighted by Gasteiger charge is 2.41. The largest absolute Gasteiger partial charge is 0.433 e. The number of aryl methyl sites for hydroxylation is 1. The van der Waals surface area contributed by atoms with Crippen LogP contribution >= 0.6 is 0 Å². The maximum absolute atomic E-state index is 14.1. The Bertz CT molecular complexity index is 1200. The van der Waals surface area contributed by atoms with E-state index in [-0.39, 0.29) is 28.4 Å². The fraction of sp³-hybridized carbons (Fsp3) is 0.318. The van der Waals surface area contributed by atoms with E-state index in [2.05, 4.69) is 14.7 Å². The Morgan fingerprint density at radius 1 is 1.03 bits per heavy atom. The van der Waals surface area contributed by atoms with E-state index < -0.39 is 21.9 Å². The molecule has 2 heterocycles. The zero-order chi connectivity index (χ0) is 23.6. The van der Waals surface area contributed by atoms with Gasteiger partial charge in [0.05, 0.1) is 23.7 Å². The number of alkyl halides is 3. The molecule has 3 aromatic rings. The van der Waals surface area contributed by atoms with Gasteiger partial charge >= 0.3 is 6.18 Å². The van der Waals surface area contributed by atoms with Gasteiger partial charge in [0, 0.05) is 25.3 Å². The van der Waals surface area contributed by atoms with Crippen LogP contribution < -0.4 is 9.62 Å². The monoisotopic (exact) mass is 480 g/mol. The summed E-state index contributed by atoms with van der Waals surface area (Å²) in [7, 11) is -4.14. The summed E-state index contributed by atoms with van der Waals surface area (Å²) >= 11 is 0. The molecule has 2 aromatic carbocycles. The Kier molecular flexibility index (Phi) is 6.35. The summed E-state index contributed by atoms with van der Waals surface area (Å²) in [5.41, 5.74) is -0.248. The number of morpholine rings is 1. The summed E-state index contributed by atoms with van der Waals surface area (Å²) < 4.78 is 76.2. The molecule has 11 heteroatoms. The molecular formula is C22H23F3N4O3S. The summed E-state index contributed by atoms with van der Waals surface area (Å²) in [6, 6.07) is 14.0. The fourth-order valence-electron chi connectivity index (χ4n) is 3.77. The van der Waals surface area contributed by atoms with Crippen molar-refractivity contribution in [1.29, 1.82) is 0 Å². The third kappa shape index (κ3) is 4.83. The third-order valence-corrected chi connectivity index (χ3v) is 6.69. The number of nitrogens with one attached hydrogen (secondary N) is 1. The van der Waals surface area contributed by atoms with Gasteiger partial charge in [-0.1, -0.05) is 30.3 Å². The van der Waals surface area contributed by atoms with Gasteiger partial charge in [0.2, 0.25) is 0 Å². The van der Waals surface area contributed by atoms with Crippen LogP contribution in [0.5, 0.6) is 0 Å². The summed E-state index contributed by atoms with van der Waals surface area (Å²) in [5.74, 6) is -0.368. The minimum absolute atomic E-state index is 0.0711. The Morgan fingerprint density at radius 2 is 1.67 bits per heavy atom. The van der Waals surface area contributed by atoms with E-state index in [1.807, 2.05) is 0 Å². The summed E-state index contributed by atoms with van der Waals surface area (Å²) in [6.07, 6.45) is -4.74. The topological polar surface area (TPSA) is 76.5 Å². The zero-order valence-corrected chi connectivity index (χ0v) is 18.7. The van der Waals surface area contributed by atoms with Gasteiger partial charge in [0.1, 0.15) is 0 Å². The van der Waals surface area contributed by atoms with Crippen molar-refractivity contribution in [3.63, 3.8) is 0 Å². The van der Waals surface area contributed by atoms with Crippen molar-refractivity contribution in [3.05, 3.63) is 60.3 Å². The first-order valence-electron chi connectivity index (χ1n) is 10.4. The van der Waals surface area contributed by atoms with Gasteiger partial charge in [-0.2, -0.15) is 18.3 Å². The van der Waals surface area contributed by atoms with Gasteiger partial charge in [-0.05, 0) is 36.8 Å². The van der Waals surface area contributed by atoms with Crippen molar-refractivity contribution in [1.82, 2.24) is 9.78 Å². The molecule has 1 fully saturated rings. The number of hydrogen-bond acceptors (Lipinski definition) is 5. The van der Waals surface area contributed by atoms with Crippen LogP contribution in [0.25, 0.3) is 11.1 Å². The highest BCUT2D eigenvalue weighted by molar-refractivity contribution is 7.92. The minimum Gasteiger partial charge on any atom is -0.378 e. The molecule has 0 saturated carbocycles. The number of anilines is 2. The first-order chi connectivity index (χ1) is 15.7. The Hall–Kier alpha value is -3.05. The average molecular weight is 481 g/mol. The number of ether oxygens (including phenoxy) is 1. The normalized spacial score (nSPS) is 15.0. The Balaban J connectivity index is 1.79. The summed E-state index contributed by atoms with van der Waals surface area (Å²) in [5, 5.41) is 3.97. The Labute approximate surface area is 189 Å².